The first-order valence-corrected chi connectivity index (χ1v) is 13.1. The summed E-state index contributed by atoms with van der Waals surface area (Å²) >= 11 is 0. The maximum Gasteiger partial charge on any atom is 0.488 e. The van der Waals surface area contributed by atoms with Gasteiger partial charge in [-0.2, -0.15) is 0 Å². The number of nitrogens with zero attached hydrogens (tertiary/aromatic N) is 2. The molecule has 0 bridgehead atoms. The molecule has 0 radical (unpaired) electrons. The van der Waals surface area contributed by atoms with Crippen LogP contribution in [0.4, 0.5) is 0 Å². The Balaban J connectivity index is 0.000000207. The maximum absolute atomic E-state index is 9.42. The number of aromatic nitrogens is 2. The molecule has 2 aromatic heterocycles. The van der Waals surface area contributed by atoms with E-state index < -0.39 is 7.12 Å². The zero-order valence-corrected chi connectivity index (χ0v) is 22.2. The molecule has 0 aliphatic carbocycles. The van der Waals surface area contributed by atoms with Crippen LogP contribution in [0.15, 0.2) is 146 Å². The number of benzene rings is 4. The Morgan fingerprint density at radius 1 is 0.450 bits per heavy atom. The van der Waals surface area contributed by atoms with E-state index in [4.69, 9.17) is 0 Å². The lowest BCUT2D eigenvalue weighted by atomic mass is 9.79. The topological polar surface area (TPSA) is 66.2 Å². The summed E-state index contributed by atoms with van der Waals surface area (Å²) in [6.07, 6.45) is 7.31. The number of aryl methyl sites for hydroxylation is 1. The van der Waals surface area contributed by atoms with Gasteiger partial charge in [-0.3, -0.25) is 9.97 Å². The second kappa shape index (κ2) is 12.8. The molecule has 0 unspecified atom stereocenters. The molecule has 4 nitrogen and oxygen atoms in total. The Labute approximate surface area is 235 Å². The highest BCUT2D eigenvalue weighted by Crippen LogP contribution is 2.29. The standard InChI is InChI=1S/C23H18BNO2.C12H11N/c26-24(27)23-11-3-9-21(15-23)19-7-1-5-17(13-19)18-6-2-8-20(14-18)22-10-4-12-25-16-22;1-10-4-2-5-11(8-10)12-6-3-7-13-9-12/h1-16,26-27H;2-9H,1H3. The molecule has 5 heteroatoms. The highest BCUT2D eigenvalue weighted by molar-refractivity contribution is 6.58. The van der Waals surface area contributed by atoms with Gasteiger partial charge in [0.2, 0.25) is 0 Å². The third-order valence-corrected chi connectivity index (χ3v) is 6.58. The lowest BCUT2D eigenvalue weighted by Gasteiger charge is -2.09. The summed E-state index contributed by atoms with van der Waals surface area (Å²) in [5.41, 5.74) is 10.6. The molecule has 40 heavy (non-hydrogen) atoms. The fraction of sp³-hybridized carbons (Fsp3) is 0.0286. The smallest absolute Gasteiger partial charge is 0.423 e. The first-order valence-electron chi connectivity index (χ1n) is 13.1. The average Bonchev–Trinajstić information content (AvgIpc) is 3.02. The van der Waals surface area contributed by atoms with E-state index in [0.29, 0.717) is 5.46 Å². The van der Waals surface area contributed by atoms with Crippen molar-refractivity contribution < 1.29 is 10.0 Å². The van der Waals surface area contributed by atoms with Gasteiger partial charge >= 0.3 is 7.12 Å². The Morgan fingerprint density at radius 2 is 0.850 bits per heavy atom. The summed E-state index contributed by atoms with van der Waals surface area (Å²) in [5, 5.41) is 18.8. The van der Waals surface area contributed by atoms with Crippen molar-refractivity contribution in [2.75, 3.05) is 0 Å². The van der Waals surface area contributed by atoms with Crippen molar-refractivity contribution in [2.45, 2.75) is 6.92 Å². The third kappa shape index (κ3) is 6.78. The van der Waals surface area contributed by atoms with Gasteiger partial charge in [0.25, 0.3) is 0 Å². The van der Waals surface area contributed by atoms with Crippen LogP contribution in [-0.2, 0) is 0 Å². The van der Waals surface area contributed by atoms with Crippen LogP contribution in [0, 0.1) is 6.92 Å². The van der Waals surface area contributed by atoms with Crippen LogP contribution < -0.4 is 5.46 Å². The maximum atomic E-state index is 9.42. The van der Waals surface area contributed by atoms with Gasteiger partial charge in [-0.05, 0) is 75.6 Å². The Kier molecular flexibility index (Phi) is 8.57. The molecule has 6 rings (SSSR count). The third-order valence-electron chi connectivity index (χ3n) is 6.58. The van der Waals surface area contributed by atoms with Gasteiger partial charge < -0.3 is 10.0 Å². The van der Waals surface area contributed by atoms with Crippen LogP contribution in [0.2, 0.25) is 0 Å². The van der Waals surface area contributed by atoms with Gasteiger partial charge in [-0.25, -0.2) is 0 Å². The largest absolute Gasteiger partial charge is 0.488 e. The molecule has 2 heterocycles. The van der Waals surface area contributed by atoms with E-state index in [1.54, 1.807) is 24.5 Å². The monoisotopic (exact) mass is 520 g/mol. The van der Waals surface area contributed by atoms with Crippen molar-refractivity contribution in [1.29, 1.82) is 0 Å². The fourth-order valence-corrected chi connectivity index (χ4v) is 4.53. The van der Waals surface area contributed by atoms with E-state index >= 15 is 0 Å². The van der Waals surface area contributed by atoms with Crippen molar-refractivity contribution in [3.05, 3.63) is 152 Å². The van der Waals surface area contributed by atoms with Gasteiger partial charge in [0.15, 0.2) is 0 Å². The summed E-state index contributed by atoms with van der Waals surface area (Å²) in [7, 11) is -1.47. The quantitative estimate of drug-likeness (QED) is 0.245. The molecule has 0 atom stereocenters. The lowest BCUT2D eigenvalue weighted by Crippen LogP contribution is -2.29. The minimum absolute atomic E-state index is 0.483. The summed E-state index contributed by atoms with van der Waals surface area (Å²) in [5.74, 6) is 0. The zero-order chi connectivity index (χ0) is 27.7. The molecule has 4 aromatic carbocycles. The zero-order valence-electron chi connectivity index (χ0n) is 22.2. The normalized spacial score (nSPS) is 10.4. The van der Waals surface area contributed by atoms with E-state index in [-0.39, 0.29) is 0 Å². The van der Waals surface area contributed by atoms with E-state index in [1.807, 2.05) is 60.9 Å². The number of hydrogen-bond acceptors (Lipinski definition) is 4. The van der Waals surface area contributed by atoms with Gasteiger partial charge in [0.05, 0.1) is 0 Å². The summed E-state index contributed by atoms with van der Waals surface area (Å²) in [6.45, 7) is 2.10. The second-order valence-corrected chi connectivity index (χ2v) is 9.51. The number of pyridine rings is 2. The predicted octanol–water partition coefficient (Wildman–Crippen LogP) is 6.82. The Bertz CT molecular complexity index is 1690. The molecule has 6 aromatic rings. The molecule has 0 aliphatic heterocycles. The van der Waals surface area contributed by atoms with E-state index in [9.17, 15) is 10.0 Å². The first kappa shape index (κ1) is 26.8. The summed E-state index contributed by atoms with van der Waals surface area (Å²) in [6, 6.07) is 40.4. The molecule has 0 saturated carbocycles. The molecule has 0 aliphatic rings. The molecular formula is C35H29BN2O2. The van der Waals surface area contributed by atoms with Gasteiger partial charge in [-0.1, -0.05) is 103 Å². The van der Waals surface area contributed by atoms with Crippen LogP contribution in [0.25, 0.3) is 44.5 Å². The fourth-order valence-electron chi connectivity index (χ4n) is 4.53. The van der Waals surface area contributed by atoms with Crippen molar-refractivity contribution in [2.24, 2.45) is 0 Å². The minimum atomic E-state index is -1.47. The predicted molar refractivity (Wildman–Crippen MR) is 165 cm³/mol. The first-order chi connectivity index (χ1) is 19.6. The molecule has 194 valence electrons. The van der Waals surface area contributed by atoms with Crippen molar-refractivity contribution >= 4 is 12.6 Å². The van der Waals surface area contributed by atoms with E-state index in [1.165, 1.54) is 16.7 Å². The second-order valence-electron chi connectivity index (χ2n) is 9.51. The number of rotatable bonds is 5. The van der Waals surface area contributed by atoms with Crippen molar-refractivity contribution in [3.63, 3.8) is 0 Å². The molecular weight excluding hydrogens is 491 g/mol. The lowest BCUT2D eigenvalue weighted by molar-refractivity contribution is 0.426. The molecule has 2 N–H and O–H groups in total. The molecule has 0 fully saturated rings. The molecule has 0 spiro atoms. The minimum Gasteiger partial charge on any atom is -0.423 e. The van der Waals surface area contributed by atoms with Crippen LogP contribution in [-0.4, -0.2) is 27.1 Å². The molecule has 0 amide bonds. The van der Waals surface area contributed by atoms with E-state index in [2.05, 4.69) is 77.6 Å². The average molecular weight is 520 g/mol. The van der Waals surface area contributed by atoms with Crippen LogP contribution in [0.5, 0.6) is 0 Å². The van der Waals surface area contributed by atoms with Gasteiger partial charge in [-0.15, -0.1) is 0 Å². The van der Waals surface area contributed by atoms with E-state index in [0.717, 1.165) is 33.4 Å². The van der Waals surface area contributed by atoms with Gasteiger partial charge in [0, 0.05) is 30.4 Å². The summed E-state index contributed by atoms with van der Waals surface area (Å²) in [4.78, 5) is 8.29. The highest BCUT2D eigenvalue weighted by Gasteiger charge is 2.11. The highest BCUT2D eigenvalue weighted by atomic mass is 16.4. The van der Waals surface area contributed by atoms with Crippen molar-refractivity contribution in [3.8, 4) is 44.5 Å². The van der Waals surface area contributed by atoms with Crippen LogP contribution in [0.3, 0.4) is 0 Å². The van der Waals surface area contributed by atoms with Crippen LogP contribution in [0.1, 0.15) is 5.56 Å². The van der Waals surface area contributed by atoms with Gasteiger partial charge in [0.1, 0.15) is 0 Å². The van der Waals surface area contributed by atoms with Crippen LogP contribution >= 0.6 is 0 Å². The summed E-state index contributed by atoms with van der Waals surface area (Å²) < 4.78 is 0. The Hall–Kier alpha value is -4.84. The molecule has 0 saturated heterocycles. The van der Waals surface area contributed by atoms with Crippen molar-refractivity contribution in [1.82, 2.24) is 9.97 Å². The number of hydrogen-bond donors (Lipinski definition) is 2. The Morgan fingerprint density at radius 3 is 1.30 bits per heavy atom. The SMILES string of the molecule is Cc1cccc(-c2cccnc2)c1.OB(O)c1cccc(-c2cccc(-c3cccc(-c4cccnc4)c3)c2)c1.